The number of carboxylic acid groups (broad SMARTS) is 1. The number of alkyl halides is 18. The molecule has 2 nitrogen and oxygen atoms in total. The average Bonchev–Trinajstić information content (AvgIpc) is 2.67. The van der Waals surface area contributed by atoms with Gasteiger partial charge in [-0.15, -0.1) is 0 Å². The molecule has 224 valence electrons. The molecule has 1 aliphatic carbocycles. The molecule has 0 amide bonds. The van der Waals surface area contributed by atoms with E-state index in [4.69, 9.17) is 5.11 Å². The summed E-state index contributed by atoms with van der Waals surface area (Å²) in [4.78, 5) is 11.2. The first-order valence-corrected chi connectivity index (χ1v) is 10.8. The Balaban J connectivity index is 3.01. The molecule has 1 N–H and O–H groups in total. The van der Waals surface area contributed by atoms with E-state index in [0.717, 1.165) is 22.6 Å². The number of unbranched alkanes of at least 4 members (excludes halogenated alkanes) is 1. The van der Waals surface area contributed by atoms with Crippen LogP contribution in [-0.2, 0) is 4.79 Å². The monoisotopic (exact) mass is 712 g/mol. The van der Waals surface area contributed by atoms with Crippen LogP contribution in [0.2, 0.25) is 0 Å². The molecule has 1 fully saturated rings. The van der Waals surface area contributed by atoms with Crippen molar-refractivity contribution in [3.8, 4) is 0 Å². The van der Waals surface area contributed by atoms with Gasteiger partial charge in [-0.05, 0) is 19.3 Å². The Morgan fingerprint density at radius 3 is 1.71 bits per heavy atom. The molecule has 38 heavy (non-hydrogen) atoms. The topological polar surface area (TPSA) is 37.3 Å². The molecular formula is C18H14F17IO2. The van der Waals surface area contributed by atoms with Gasteiger partial charge in [0.2, 0.25) is 0 Å². The van der Waals surface area contributed by atoms with Crippen molar-refractivity contribution in [1.82, 2.24) is 0 Å². The second-order valence-corrected chi connectivity index (χ2v) is 10.5. The van der Waals surface area contributed by atoms with Crippen molar-refractivity contribution in [2.24, 2.45) is 5.92 Å². The van der Waals surface area contributed by atoms with Crippen LogP contribution < -0.4 is 0 Å². The number of allylic oxidation sites excluding steroid dienone is 2. The van der Waals surface area contributed by atoms with Gasteiger partial charge in [0, 0.05) is 12.8 Å². The number of halogens is 18. The highest BCUT2D eigenvalue weighted by Crippen LogP contribution is 2.63. The minimum Gasteiger partial charge on any atom is -0.481 e. The molecular weight excluding hydrogens is 698 g/mol. The summed E-state index contributed by atoms with van der Waals surface area (Å²) in [5.74, 6) is -51.8. The number of hydrogen-bond acceptors (Lipinski definition) is 1. The molecule has 0 aromatic heterocycles. The predicted octanol–water partition coefficient (Wildman–Crippen LogP) is 8.39. The molecule has 0 heterocycles. The summed E-state index contributed by atoms with van der Waals surface area (Å²) < 4.78 is 222. The van der Waals surface area contributed by atoms with E-state index in [-0.39, 0.29) is 0 Å². The second kappa shape index (κ2) is 9.99. The van der Waals surface area contributed by atoms with Gasteiger partial charge in [0.15, 0.2) is 0 Å². The van der Waals surface area contributed by atoms with E-state index in [2.05, 4.69) is 0 Å². The Hall–Kier alpha value is -1.25. The van der Waals surface area contributed by atoms with Crippen LogP contribution in [0.25, 0.3) is 0 Å². The Kier molecular flexibility index (Phi) is 9.14. The molecule has 0 aliphatic heterocycles. The van der Waals surface area contributed by atoms with E-state index < -0.39 is 95.0 Å². The summed E-state index contributed by atoms with van der Waals surface area (Å²) >= 11 is 0.750. The second-order valence-electron chi connectivity index (χ2n) is 8.38. The quantitative estimate of drug-likeness (QED) is 0.0813. The maximum Gasteiger partial charge on any atom is 0.460 e. The lowest BCUT2D eigenvalue weighted by Gasteiger charge is -2.48. The number of aliphatic carboxylic acids is 1. The molecule has 1 rings (SSSR count). The van der Waals surface area contributed by atoms with Crippen molar-refractivity contribution in [1.29, 1.82) is 0 Å². The van der Waals surface area contributed by atoms with Crippen LogP contribution in [0, 0.1) is 5.92 Å². The summed E-state index contributed by atoms with van der Waals surface area (Å²) in [6, 6.07) is 0. The minimum absolute atomic E-state index is 0.528. The lowest BCUT2D eigenvalue weighted by Crippen LogP contribution is -2.69. The normalized spacial score (nSPS) is 26.5. The Morgan fingerprint density at radius 2 is 1.29 bits per heavy atom. The van der Waals surface area contributed by atoms with E-state index in [9.17, 15) is 79.4 Å². The van der Waals surface area contributed by atoms with Gasteiger partial charge in [0.1, 0.15) is 5.92 Å². The lowest BCUT2D eigenvalue weighted by molar-refractivity contribution is -0.422. The van der Waals surface area contributed by atoms with Crippen molar-refractivity contribution in [3.63, 3.8) is 0 Å². The van der Waals surface area contributed by atoms with Crippen LogP contribution in [0.15, 0.2) is 12.2 Å². The van der Waals surface area contributed by atoms with E-state index in [1.54, 1.807) is 0 Å². The summed E-state index contributed by atoms with van der Waals surface area (Å²) in [6.07, 6.45) is -14.2. The molecule has 0 spiro atoms. The van der Waals surface area contributed by atoms with E-state index in [1.807, 2.05) is 0 Å². The first kappa shape index (κ1) is 34.8. The smallest absolute Gasteiger partial charge is 0.460 e. The highest BCUT2D eigenvalue weighted by atomic mass is 127. The number of hydrogen-bond donors (Lipinski definition) is 1. The van der Waals surface area contributed by atoms with E-state index in [0.29, 0.717) is 12.2 Å². The molecule has 0 radical (unpaired) electrons. The largest absolute Gasteiger partial charge is 0.481 e. The molecule has 1 aliphatic rings. The van der Waals surface area contributed by atoms with Crippen molar-refractivity contribution < 1.29 is 84.5 Å². The number of carboxylic acids is 1. The molecule has 20 heteroatoms. The fourth-order valence-corrected chi connectivity index (χ4v) is 4.89. The first-order valence-electron chi connectivity index (χ1n) is 9.76. The van der Waals surface area contributed by atoms with Crippen molar-refractivity contribution >= 4 is 28.6 Å². The lowest BCUT2D eigenvalue weighted by atomic mass is 9.71. The fourth-order valence-electron chi connectivity index (χ4n) is 3.50. The third-order valence-corrected chi connectivity index (χ3v) is 7.05. The molecule has 2 unspecified atom stereocenters. The highest BCUT2D eigenvalue weighted by molar-refractivity contribution is 14.1. The van der Waals surface area contributed by atoms with Gasteiger partial charge in [0.25, 0.3) is 0 Å². The van der Waals surface area contributed by atoms with Crippen LogP contribution in [0.1, 0.15) is 32.1 Å². The first-order chi connectivity index (χ1) is 16.5. The van der Waals surface area contributed by atoms with Gasteiger partial charge in [-0.25, -0.2) is 0 Å². The molecule has 0 aromatic rings. The minimum atomic E-state index is -7.60. The van der Waals surface area contributed by atoms with Crippen LogP contribution >= 0.6 is 22.6 Å². The van der Waals surface area contributed by atoms with Gasteiger partial charge in [-0.2, -0.15) is 74.6 Å². The molecule has 0 aromatic carbocycles. The van der Waals surface area contributed by atoms with Crippen molar-refractivity contribution in [2.45, 2.75) is 83.2 Å². The Labute approximate surface area is 214 Å². The summed E-state index contributed by atoms with van der Waals surface area (Å²) in [5.41, 5.74) is 0. The van der Waals surface area contributed by atoms with Gasteiger partial charge < -0.3 is 5.11 Å². The SMILES string of the molecule is O=C(O)C1C(I)(CC=CCCCC(F)(F)C(F)(F)C(F)(F)C(F)(F)C(F)(F)F)CC(F)(F)C(F)(F)C1(F)F. The molecule has 0 saturated heterocycles. The molecule has 1 saturated carbocycles. The van der Waals surface area contributed by atoms with Gasteiger partial charge in [-0.1, -0.05) is 34.7 Å². The third-order valence-electron chi connectivity index (χ3n) is 5.61. The standard InChI is InChI=1S/C18H14F17IO2/c19-11(20,15(27,28)16(29,30)17(31,32)18(33,34)35)6-4-2-1-3-5-10(36)7-12(21,22)14(25,26)13(23,24)8(10)9(37)38/h1,3,8H,2,4-7H2,(H,37,38). The summed E-state index contributed by atoms with van der Waals surface area (Å²) in [7, 11) is 0. The molecule has 2 atom stereocenters. The van der Waals surface area contributed by atoms with Crippen LogP contribution in [-0.4, -0.2) is 62.1 Å². The zero-order valence-electron chi connectivity index (χ0n) is 17.9. The average molecular weight is 712 g/mol. The van der Waals surface area contributed by atoms with Gasteiger partial charge >= 0.3 is 53.6 Å². The number of rotatable bonds is 10. The van der Waals surface area contributed by atoms with Crippen molar-refractivity contribution in [2.75, 3.05) is 0 Å². The van der Waals surface area contributed by atoms with E-state index in [1.165, 1.54) is 0 Å². The number of carbonyl (C=O) groups is 1. The Bertz CT molecular complexity index is 911. The fraction of sp³-hybridized carbons (Fsp3) is 0.833. The maximum atomic E-state index is 14.0. The molecule has 0 bridgehead atoms. The van der Waals surface area contributed by atoms with Gasteiger partial charge in [-0.3, -0.25) is 4.79 Å². The van der Waals surface area contributed by atoms with Crippen LogP contribution in [0.4, 0.5) is 74.6 Å². The van der Waals surface area contributed by atoms with Gasteiger partial charge in [0.05, 0.1) is 3.42 Å². The van der Waals surface area contributed by atoms with Crippen LogP contribution in [0.5, 0.6) is 0 Å². The van der Waals surface area contributed by atoms with E-state index >= 15 is 0 Å². The predicted molar refractivity (Wildman–Crippen MR) is 101 cm³/mol. The zero-order valence-corrected chi connectivity index (χ0v) is 20.1. The van der Waals surface area contributed by atoms with Crippen LogP contribution in [0.3, 0.4) is 0 Å². The third kappa shape index (κ3) is 5.38. The van der Waals surface area contributed by atoms with Crippen molar-refractivity contribution in [3.05, 3.63) is 12.2 Å². The summed E-state index contributed by atoms with van der Waals surface area (Å²) in [5, 5.41) is 8.97. The summed E-state index contributed by atoms with van der Waals surface area (Å²) in [6.45, 7) is 0. The zero-order chi connectivity index (χ0) is 30.6. The Morgan fingerprint density at radius 1 is 0.816 bits per heavy atom. The maximum absolute atomic E-state index is 14.0. The highest BCUT2D eigenvalue weighted by Gasteiger charge is 2.87.